The van der Waals surface area contributed by atoms with E-state index in [-0.39, 0.29) is 10.6 Å². The fourth-order valence-electron chi connectivity index (χ4n) is 1.94. The third-order valence-corrected chi connectivity index (χ3v) is 5.06. The lowest BCUT2D eigenvalue weighted by Gasteiger charge is -2.23. The van der Waals surface area contributed by atoms with Crippen LogP contribution >= 0.6 is 11.6 Å². The third kappa shape index (κ3) is 3.94. The summed E-state index contributed by atoms with van der Waals surface area (Å²) in [5.74, 6) is -0.852. The Morgan fingerprint density at radius 3 is 2.43 bits per heavy atom. The number of carbonyl (C=O) groups is 1. The summed E-state index contributed by atoms with van der Waals surface area (Å²) in [5, 5.41) is 9.45. The first-order valence-electron chi connectivity index (χ1n) is 6.49. The van der Waals surface area contributed by atoms with Crippen LogP contribution in [0.5, 0.6) is 5.75 Å². The molecule has 23 heavy (non-hydrogen) atoms. The SMILES string of the molecule is COc1cccc(N(CC(=O)O)S(=O)(=O)c2ccc(Cl)cc2)c1. The predicted molar refractivity (Wildman–Crippen MR) is 86.6 cm³/mol. The summed E-state index contributed by atoms with van der Waals surface area (Å²) in [5.41, 5.74) is 0.196. The Balaban J connectivity index is 2.52. The van der Waals surface area contributed by atoms with Gasteiger partial charge in [-0.3, -0.25) is 9.10 Å². The van der Waals surface area contributed by atoms with E-state index in [1.54, 1.807) is 12.1 Å². The van der Waals surface area contributed by atoms with Crippen molar-refractivity contribution in [1.82, 2.24) is 0 Å². The highest BCUT2D eigenvalue weighted by molar-refractivity contribution is 7.92. The summed E-state index contributed by atoms with van der Waals surface area (Å²) in [6, 6.07) is 11.7. The number of carboxylic acid groups (broad SMARTS) is 1. The van der Waals surface area contributed by atoms with Gasteiger partial charge in [-0.1, -0.05) is 17.7 Å². The number of benzene rings is 2. The molecule has 0 aromatic heterocycles. The van der Waals surface area contributed by atoms with Gasteiger partial charge in [-0.05, 0) is 36.4 Å². The zero-order chi connectivity index (χ0) is 17.0. The zero-order valence-electron chi connectivity index (χ0n) is 12.1. The van der Waals surface area contributed by atoms with Crippen molar-refractivity contribution in [2.45, 2.75) is 4.90 Å². The molecular weight excluding hydrogens is 342 g/mol. The van der Waals surface area contributed by atoms with Crippen LogP contribution in [0.25, 0.3) is 0 Å². The molecule has 0 atom stereocenters. The van der Waals surface area contributed by atoms with Crippen LogP contribution in [0.4, 0.5) is 5.69 Å². The largest absolute Gasteiger partial charge is 0.497 e. The molecule has 0 aliphatic carbocycles. The first-order chi connectivity index (χ1) is 10.8. The summed E-state index contributed by atoms with van der Waals surface area (Å²) in [4.78, 5) is 11.1. The normalized spacial score (nSPS) is 11.0. The number of carboxylic acids is 1. The quantitative estimate of drug-likeness (QED) is 0.861. The number of rotatable bonds is 6. The molecule has 0 amide bonds. The Hall–Kier alpha value is -2.25. The maximum absolute atomic E-state index is 12.8. The minimum Gasteiger partial charge on any atom is -0.497 e. The van der Waals surface area contributed by atoms with Crippen molar-refractivity contribution in [3.05, 3.63) is 53.6 Å². The fourth-order valence-corrected chi connectivity index (χ4v) is 3.47. The molecule has 122 valence electrons. The van der Waals surface area contributed by atoms with Crippen molar-refractivity contribution in [3.8, 4) is 5.75 Å². The highest BCUT2D eigenvalue weighted by Crippen LogP contribution is 2.27. The molecule has 0 unspecified atom stereocenters. The van der Waals surface area contributed by atoms with Gasteiger partial charge in [0.05, 0.1) is 17.7 Å². The summed E-state index contributed by atoms with van der Waals surface area (Å²) < 4.78 is 31.4. The van der Waals surface area contributed by atoms with Crippen LogP contribution in [0.2, 0.25) is 5.02 Å². The van der Waals surface area contributed by atoms with Crippen LogP contribution in [-0.4, -0.2) is 33.1 Å². The second-order valence-electron chi connectivity index (χ2n) is 4.56. The van der Waals surface area contributed by atoms with E-state index in [2.05, 4.69) is 0 Å². The molecule has 0 fully saturated rings. The van der Waals surface area contributed by atoms with Crippen molar-refractivity contribution in [3.63, 3.8) is 0 Å². The monoisotopic (exact) mass is 355 g/mol. The van der Waals surface area contributed by atoms with Gasteiger partial charge in [0.2, 0.25) is 0 Å². The number of anilines is 1. The van der Waals surface area contributed by atoms with Crippen molar-refractivity contribution in [2.75, 3.05) is 18.0 Å². The number of nitrogens with zero attached hydrogens (tertiary/aromatic N) is 1. The van der Waals surface area contributed by atoms with Crippen LogP contribution in [0, 0.1) is 0 Å². The molecule has 0 aliphatic rings. The number of methoxy groups -OCH3 is 1. The zero-order valence-corrected chi connectivity index (χ0v) is 13.7. The van der Waals surface area contributed by atoms with Gasteiger partial charge in [0.25, 0.3) is 10.0 Å². The van der Waals surface area contributed by atoms with E-state index in [1.807, 2.05) is 0 Å². The smallest absolute Gasteiger partial charge is 0.324 e. The van der Waals surface area contributed by atoms with Gasteiger partial charge in [0.15, 0.2) is 0 Å². The topological polar surface area (TPSA) is 83.9 Å². The van der Waals surface area contributed by atoms with Crippen LogP contribution in [0.15, 0.2) is 53.4 Å². The Kier molecular flexibility index (Phi) is 5.12. The predicted octanol–water partition coefficient (Wildman–Crippen LogP) is 2.63. The van der Waals surface area contributed by atoms with E-state index in [1.165, 1.54) is 43.5 Å². The summed E-state index contributed by atoms with van der Waals surface area (Å²) in [7, 11) is -2.61. The molecule has 0 radical (unpaired) electrons. The molecule has 6 nitrogen and oxygen atoms in total. The minimum absolute atomic E-state index is 0.0500. The molecule has 0 bridgehead atoms. The molecule has 0 saturated carbocycles. The van der Waals surface area contributed by atoms with E-state index >= 15 is 0 Å². The van der Waals surface area contributed by atoms with Crippen LogP contribution < -0.4 is 9.04 Å². The molecule has 8 heteroatoms. The number of hydrogen-bond donors (Lipinski definition) is 1. The van der Waals surface area contributed by atoms with Crippen LogP contribution in [0.1, 0.15) is 0 Å². The Morgan fingerprint density at radius 1 is 1.22 bits per heavy atom. The lowest BCUT2D eigenvalue weighted by atomic mass is 10.3. The van der Waals surface area contributed by atoms with Crippen LogP contribution in [0.3, 0.4) is 0 Å². The Bertz CT molecular complexity index is 805. The first-order valence-corrected chi connectivity index (χ1v) is 8.30. The minimum atomic E-state index is -4.05. The van der Waals surface area contributed by atoms with E-state index in [9.17, 15) is 13.2 Å². The van der Waals surface area contributed by atoms with Crippen molar-refractivity contribution in [1.29, 1.82) is 0 Å². The molecule has 2 rings (SSSR count). The second kappa shape index (κ2) is 6.89. The van der Waals surface area contributed by atoms with E-state index in [4.69, 9.17) is 21.4 Å². The van der Waals surface area contributed by atoms with Gasteiger partial charge in [-0.15, -0.1) is 0 Å². The average Bonchev–Trinajstić information content (AvgIpc) is 2.52. The van der Waals surface area contributed by atoms with Gasteiger partial charge >= 0.3 is 5.97 Å². The molecule has 0 saturated heterocycles. The number of sulfonamides is 1. The van der Waals surface area contributed by atoms with Gasteiger partial charge in [0.1, 0.15) is 12.3 Å². The number of ether oxygens (including phenoxy) is 1. The molecule has 1 N–H and O–H groups in total. The molecule has 0 spiro atoms. The maximum atomic E-state index is 12.8. The molecule has 0 aliphatic heterocycles. The van der Waals surface area contributed by atoms with E-state index in [0.29, 0.717) is 10.8 Å². The molecule has 2 aromatic carbocycles. The Morgan fingerprint density at radius 2 is 1.87 bits per heavy atom. The number of hydrogen-bond acceptors (Lipinski definition) is 4. The summed E-state index contributed by atoms with van der Waals surface area (Å²) in [6.45, 7) is -0.710. The Labute approximate surface area is 138 Å². The van der Waals surface area contributed by atoms with Gasteiger partial charge in [-0.25, -0.2) is 8.42 Å². The van der Waals surface area contributed by atoms with Crippen molar-refractivity contribution < 1.29 is 23.1 Å². The molecule has 0 heterocycles. The van der Waals surface area contributed by atoms with Gasteiger partial charge < -0.3 is 9.84 Å². The molecular formula is C15H14ClNO5S. The number of aliphatic carboxylic acids is 1. The highest BCUT2D eigenvalue weighted by Gasteiger charge is 2.27. The lowest BCUT2D eigenvalue weighted by Crippen LogP contribution is -2.35. The van der Waals surface area contributed by atoms with Crippen molar-refractivity contribution in [2.24, 2.45) is 0 Å². The lowest BCUT2D eigenvalue weighted by molar-refractivity contribution is -0.135. The second-order valence-corrected chi connectivity index (χ2v) is 6.86. The fraction of sp³-hybridized carbons (Fsp3) is 0.133. The summed E-state index contributed by atoms with van der Waals surface area (Å²) >= 11 is 5.76. The van der Waals surface area contributed by atoms with Gasteiger partial charge in [-0.2, -0.15) is 0 Å². The third-order valence-electron chi connectivity index (χ3n) is 3.02. The van der Waals surface area contributed by atoms with E-state index in [0.717, 1.165) is 4.31 Å². The van der Waals surface area contributed by atoms with Crippen LogP contribution in [-0.2, 0) is 14.8 Å². The average molecular weight is 356 g/mol. The molecule has 2 aromatic rings. The standard InChI is InChI=1S/C15H14ClNO5S/c1-22-13-4-2-3-12(9-13)17(10-15(18)19)23(20,21)14-7-5-11(16)6-8-14/h2-9H,10H2,1H3,(H,18,19). The van der Waals surface area contributed by atoms with Gasteiger partial charge in [0, 0.05) is 11.1 Å². The maximum Gasteiger partial charge on any atom is 0.324 e. The van der Waals surface area contributed by atoms with E-state index < -0.39 is 22.5 Å². The van der Waals surface area contributed by atoms with Crippen molar-refractivity contribution >= 4 is 33.3 Å². The summed E-state index contributed by atoms with van der Waals surface area (Å²) in [6.07, 6.45) is 0. The highest BCUT2D eigenvalue weighted by atomic mass is 35.5. The number of halogens is 1. The first kappa shape index (κ1) is 17.1.